The van der Waals surface area contributed by atoms with Crippen molar-refractivity contribution in [2.45, 2.75) is 26.7 Å². The molecule has 8 nitrogen and oxygen atoms in total. The molecule has 160 valence electrons. The van der Waals surface area contributed by atoms with Gasteiger partial charge in [0.05, 0.1) is 10.7 Å². The fourth-order valence-corrected chi connectivity index (χ4v) is 4.26. The van der Waals surface area contributed by atoms with Crippen molar-refractivity contribution in [1.29, 1.82) is 0 Å². The number of halogens is 2. The SMILES string of the molecule is Cc1cc(C)nc(NCCCC(=O)Nc2nc3scc(-c4cc(Cl)ccc4Cl)n3n2)n1. The van der Waals surface area contributed by atoms with Crippen LogP contribution in [-0.2, 0) is 4.79 Å². The van der Waals surface area contributed by atoms with Gasteiger partial charge in [0.15, 0.2) is 0 Å². The lowest BCUT2D eigenvalue weighted by Gasteiger charge is -2.06. The van der Waals surface area contributed by atoms with E-state index in [0.717, 1.165) is 22.6 Å². The average molecular weight is 476 g/mol. The number of anilines is 2. The Labute approximate surface area is 192 Å². The molecule has 0 radical (unpaired) electrons. The van der Waals surface area contributed by atoms with Gasteiger partial charge in [0.25, 0.3) is 0 Å². The molecule has 2 N–H and O–H groups in total. The summed E-state index contributed by atoms with van der Waals surface area (Å²) in [5.41, 5.74) is 3.31. The van der Waals surface area contributed by atoms with E-state index in [4.69, 9.17) is 23.2 Å². The number of thiazole rings is 1. The van der Waals surface area contributed by atoms with E-state index in [1.165, 1.54) is 11.3 Å². The first-order valence-electron chi connectivity index (χ1n) is 9.55. The molecular formula is C20H19Cl2N7OS. The standard InChI is InChI=1S/C20H19Cl2N7OS/c1-11-8-12(2)25-18(24-11)23-7-3-4-17(30)26-19-27-20-29(28-19)16(10-31-20)14-9-13(21)5-6-15(14)22/h5-6,8-10H,3-4,7H2,1-2H3,(H,23,24,25)(H,26,28,30). The number of fused-ring (bicyclic) bond motifs is 1. The van der Waals surface area contributed by atoms with Gasteiger partial charge in [-0.3, -0.25) is 10.1 Å². The predicted molar refractivity (Wildman–Crippen MR) is 124 cm³/mol. The molecule has 4 rings (SSSR count). The van der Waals surface area contributed by atoms with Gasteiger partial charge >= 0.3 is 0 Å². The molecule has 11 heteroatoms. The Morgan fingerprint density at radius 2 is 1.87 bits per heavy atom. The Morgan fingerprint density at radius 3 is 2.65 bits per heavy atom. The van der Waals surface area contributed by atoms with Crippen molar-refractivity contribution >= 4 is 57.3 Å². The third-order valence-corrected chi connectivity index (χ3v) is 5.76. The predicted octanol–water partition coefficient (Wildman–Crippen LogP) is 5.00. The van der Waals surface area contributed by atoms with E-state index in [1.807, 2.05) is 25.3 Å². The van der Waals surface area contributed by atoms with Gasteiger partial charge in [0, 0.05) is 40.3 Å². The molecule has 0 aliphatic heterocycles. The Balaban J connectivity index is 1.36. The second-order valence-electron chi connectivity index (χ2n) is 6.93. The van der Waals surface area contributed by atoms with Crippen molar-refractivity contribution in [3.63, 3.8) is 0 Å². The minimum atomic E-state index is -0.163. The largest absolute Gasteiger partial charge is 0.354 e. The van der Waals surface area contributed by atoms with Crippen LogP contribution in [-0.4, -0.2) is 37.0 Å². The van der Waals surface area contributed by atoms with E-state index in [2.05, 4.69) is 30.7 Å². The summed E-state index contributed by atoms with van der Waals surface area (Å²) < 4.78 is 1.65. The zero-order chi connectivity index (χ0) is 22.0. The molecule has 0 spiro atoms. The highest BCUT2D eigenvalue weighted by Crippen LogP contribution is 2.33. The maximum atomic E-state index is 12.3. The first-order valence-corrected chi connectivity index (χ1v) is 11.2. The number of carbonyl (C=O) groups is 1. The summed E-state index contributed by atoms with van der Waals surface area (Å²) in [5, 5.41) is 13.3. The molecule has 0 atom stereocenters. The fraction of sp³-hybridized carbons (Fsp3) is 0.250. The summed E-state index contributed by atoms with van der Waals surface area (Å²) in [6.45, 7) is 4.42. The zero-order valence-corrected chi connectivity index (χ0v) is 19.1. The lowest BCUT2D eigenvalue weighted by molar-refractivity contribution is -0.116. The van der Waals surface area contributed by atoms with E-state index in [1.54, 1.807) is 22.7 Å². The van der Waals surface area contributed by atoms with E-state index < -0.39 is 0 Å². The molecule has 1 amide bonds. The number of carbonyl (C=O) groups excluding carboxylic acids is 1. The normalized spacial score (nSPS) is 11.1. The van der Waals surface area contributed by atoms with Gasteiger partial charge < -0.3 is 5.32 Å². The second kappa shape index (κ2) is 9.17. The average Bonchev–Trinajstić information content (AvgIpc) is 3.26. The Bertz CT molecular complexity index is 1230. The fourth-order valence-electron chi connectivity index (χ4n) is 3.06. The monoisotopic (exact) mass is 475 g/mol. The Morgan fingerprint density at radius 1 is 1.10 bits per heavy atom. The van der Waals surface area contributed by atoms with Crippen LogP contribution in [0.1, 0.15) is 24.2 Å². The molecule has 0 aliphatic carbocycles. The van der Waals surface area contributed by atoms with Crippen LogP contribution in [0.3, 0.4) is 0 Å². The minimum Gasteiger partial charge on any atom is -0.354 e. The highest BCUT2D eigenvalue weighted by molar-refractivity contribution is 7.15. The van der Waals surface area contributed by atoms with Crippen molar-refractivity contribution in [2.24, 2.45) is 0 Å². The number of hydrogen-bond acceptors (Lipinski definition) is 7. The Kier molecular flexibility index (Phi) is 6.35. The molecule has 3 aromatic heterocycles. The molecule has 4 aromatic rings. The smallest absolute Gasteiger partial charge is 0.250 e. The van der Waals surface area contributed by atoms with Crippen molar-refractivity contribution in [2.75, 3.05) is 17.2 Å². The summed E-state index contributed by atoms with van der Waals surface area (Å²) in [4.78, 5) is 25.9. The van der Waals surface area contributed by atoms with Crippen LogP contribution in [0.4, 0.5) is 11.9 Å². The number of amides is 1. The van der Waals surface area contributed by atoms with Gasteiger partial charge in [-0.15, -0.1) is 16.4 Å². The van der Waals surface area contributed by atoms with E-state index in [-0.39, 0.29) is 11.9 Å². The van der Waals surface area contributed by atoms with Crippen LogP contribution >= 0.6 is 34.5 Å². The van der Waals surface area contributed by atoms with Crippen molar-refractivity contribution in [3.05, 3.63) is 51.1 Å². The third-order valence-electron chi connectivity index (χ3n) is 4.38. The number of benzene rings is 1. The molecule has 1 aromatic carbocycles. The number of hydrogen-bond donors (Lipinski definition) is 2. The lowest BCUT2D eigenvalue weighted by Crippen LogP contribution is -2.15. The number of aromatic nitrogens is 5. The molecule has 0 saturated carbocycles. The number of nitrogens with zero attached hydrogens (tertiary/aromatic N) is 5. The van der Waals surface area contributed by atoms with Gasteiger partial charge in [0.1, 0.15) is 0 Å². The van der Waals surface area contributed by atoms with E-state index in [9.17, 15) is 4.79 Å². The molecular weight excluding hydrogens is 457 g/mol. The summed E-state index contributed by atoms with van der Waals surface area (Å²) >= 11 is 13.8. The second-order valence-corrected chi connectivity index (χ2v) is 8.61. The Hall–Kier alpha value is -2.75. The minimum absolute atomic E-state index is 0.163. The van der Waals surface area contributed by atoms with Crippen LogP contribution in [0.25, 0.3) is 16.2 Å². The number of aryl methyl sites for hydroxylation is 2. The molecule has 0 unspecified atom stereocenters. The first kappa shape index (κ1) is 21.5. The van der Waals surface area contributed by atoms with Crippen LogP contribution in [0.5, 0.6) is 0 Å². The van der Waals surface area contributed by atoms with Crippen molar-refractivity contribution < 1.29 is 4.79 Å². The van der Waals surface area contributed by atoms with Crippen LogP contribution in [0, 0.1) is 13.8 Å². The van der Waals surface area contributed by atoms with Crippen molar-refractivity contribution in [1.82, 2.24) is 24.6 Å². The van der Waals surface area contributed by atoms with Crippen molar-refractivity contribution in [3.8, 4) is 11.3 Å². The lowest BCUT2D eigenvalue weighted by atomic mass is 10.2. The van der Waals surface area contributed by atoms with Gasteiger partial charge in [-0.2, -0.15) is 4.98 Å². The topological polar surface area (TPSA) is 97.1 Å². The first-order chi connectivity index (χ1) is 14.9. The summed E-state index contributed by atoms with van der Waals surface area (Å²) in [7, 11) is 0. The van der Waals surface area contributed by atoms with E-state index >= 15 is 0 Å². The van der Waals surface area contributed by atoms with Crippen LogP contribution in [0.15, 0.2) is 29.6 Å². The van der Waals surface area contributed by atoms with Gasteiger partial charge in [0.2, 0.25) is 22.8 Å². The number of nitrogens with one attached hydrogen (secondary N) is 2. The summed E-state index contributed by atoms with van der Waals surface area (Å²) in [6, 6.07) is 7.15. The quantitative estimate of drug-likeness (QED) is 0.365. The highest BCUT2D eigenvalue weighted by atomic mass is 35.5. The molecule has 0 aliphatic rings. The van der Waals surface area contributed by atoms with Crippen LogP contribution in [0.2, 0.25) is 10.0 Å². The maximum Gasteiger partial charge on any atom is 0.250 e. The highest BCUT2D eigenvalue weighted by Gasteiger charge is 2.15. The molecule has 0 bridgehead atoms. The summed E-state index contributed by atoms with van der Waals surface area (Å²) in [6.07, 6.45) is 0.936. The maximum absolute atomic E-state index is 12.3. The molecule has 0 fully saturated rings. The molecule has 0 saturated heterocycles. The van der Waals surface area contributed by atoms with Gasteiger partial charge in [-0.05, 0) is 44.5 Å². The van der Waals surface area contributed by atoms with Gasteiger partial charge in [-0.1, -0.05) is 23.2 Å². The van der Waals surface area contributed by atoms with Gasteiger partial charge in [-0.25, -0.2) is 14.5 Å². The molecule has 31 heavy (non-hydrogen) atoms. The third kappa shape index (κ3) is 5.12. The number of rotatable bonds is 7. The molecule has 3 heterocycles. The summed E-state index contributed by atoms with van der Waals surface area (Å²) in [5.74, 6) is 0.659. The van der Waals surface area contributed by atoms with E-state index in [0.29, 0.717) is 40.3 Å². The van der Waals surface area contributed by atoms with Crippen LogP contribution < -0.4 is 10.6 Å². The zero-order valence-electron chi connectivity index (χ0n) is 16.8.